The molecule has 0 spiro atoms. The molecule has 10 nitrogen and oxygen atoms in total. The number of carbonyl (C=O) groups is 6. The molecule has 0 atom stereocenters. The van der Waals surface area contributed by atoms with Crippen molar-refractivity contribution in [1.82, 2.24) is 0 Å². The van der Waals surface area contributed by atoms with Crippen LogP contribution in [0.15, 0.2) is 0 Å². The van der Waals surface area contributed by atoms with Gasteiger partial charge in [0.15, 0.2) is 0 Å². The van der Waals surface area contributed by atoms with E-state index in [0.717, 1.165) is 14.2 Å². The van der Waals surface area contributed by atoms with Crippen molar-refractivity contribution in [3.8, 4) is 0 Å². The van der Waals surface area contributed by atoms with Crippen LogP contribution in [0.4, 0.5) is 0 Å². The van der Waals surface area contributed by atoms with Crippen molar-refractivity contribution < 1.29 is 47.7 Å². The summed E-state index contributed by atoms with van der Waals surface area (Å²) >= 11 is 0. The van der Waals surface area contributed by atoms with E-state index in [1.54, 1.807) is 0 Å². The summed E-state index contributed by atoms with van der Waals surface area (Å²) in [6, 6.07) is 0. The van der Waals surface area contributed by atoms with Crippen molar-refractivity contribution in [2.75, 3.05) is 14.2 Å². The molecule has 10 heteroatoms. The van der Waals surface area contributed by atoms with E-state index in [1.807, 2.05) is 0 Å². The first-order chi connectivity index (χ1) is 9.78. The van der Waals surface area contributed by atoms with E-state index in [0.29, 0.717) is 0 Å². The zero-order valence-electron chi connectivity index (χ0n) is 11.2. The van der Waals surface area contributed by atoms with E-state index in [4.69, 9.17) is 0 Å². The molecule has 0 aromatic heterocycles. The highest BCUT2D eigenvalue weighted by atomic mass is 16.6. The maximum atomic E-state index is 11.1. The van der Waals surface area contributed by atoms with Crippen molar-refractivity contribution in [3.63, 3.8) is 0 Å². The first kappa shape index (κ1) is 18.2. The van der Waals surface area contributed by atoms with E-state index in [9.17, 15) is 28.8 Å². The van der Waals surface area contributed by atoms with Crippen LogP contribution in [0.5, 0.6) is 0 Å². The van der Waals surface area contributed by atoms with Crippen molar-refractivity contribution >= 4 is 35.8 Å². The smallest absolute Gasteiger partial charge is 0.324 e. The minimum Gasteiger partial charge on any atom is -0.469 e. The average Bonchev–Trinajstić information content (AvgIpc) is 2.37. The molecular formula is C11H12O10. The molecule has 0 N–H and O–H groups in total. The van der Waals surface area contributed by atoms with Crippen LogP contribution < -0.4 is 0 Å². The molecule has 0 heterocycles. The van der Waals surface area contributed by atoms with Gasteiger partial charge in [0.1, 0.15) is 19.3 Å². The topological polar surface area (TPSA) is 139 Å². The van der Waals surface area contributed by atoms with Gasteiger partial charge in [0, 0.05) is 0 Å². The van der Waals surface area contributed by atoms with Gasteiger partial charge < -0.3 is 18.9 Å². The Labute approximate surface area is 118 Å². The second kappa shape index (κ2) is 9.18. The van der Waals surface area contributed by atoms with Crippen LogP contribution in [0, 0.1) is 0 Å². The molecule has 0 saturated heterocycles. The highest BCUT2D eigenvalue weighted by Crippen LogP contribution is 1.97. The van der Waals surface area contributed by atoms with E-state index in [-0.39, 0.29) is 0 Å². The van der Waals surface area contributed by atoms with Crippen molar-refractivity contribution in [3.05, 3.63) is 0 Å². The summed E-state index contributed by atoms with van der Waals surface area (Å²) in [5, 5.41) is 0. The number of rotatable bonds is 6. The lowest BCUT2D eigenvalue weighted by molar-refractivity contribution is -0.166. The summed E-state index contributed by atoms with van der Waals surface area (Å²) < 4.78 is 16.5. The van der Waals surface area contributed by atoms with Crippen LogP contribution >= 0.6 is 0 Å². The van der Waals surface area contributed by atoms with Crippen molar-refractivity contribution in [2.45, 2.75) is 19.3 Å². The van der Waals surface area contributed by atoms with Crippen molar-refractivity contribution in [2.24, 2.45) is 0 Å². The molecule has 0 aliphatic heterocycles. The minimum absolute atomic E-state index is 0.807. The van der Waals surface area contributed by atoms with Crippen LogP contribution in [-0.2, 0) is 47.7 Å². The second-order valence-corrected chi connectivity index (χ2v) is 3.37. The van der Waals surface area contributed by atoms with Crippen LogP contribution in [0.2, 0.25) is 0 Å². The van der Waals surface area contributed by atoms with E-state index in [2.05, 4.69) is 18.9 Å². The summed E-state index contributed by atoms with van der Waals surface area (Å²) in [6.07, 6.45) is -2.66. The molecule has 0 bridgehead atoms. The molecule has 0 rings (SSSR count). The fourth-order valence-electron chi connectivity index (χ4n) is 0.896. The van der Waals surface area contributed by atoms with Gasteiger partial charge in [-0.15, -0.1) is 0 Å². The Morgan fingerprint density at radius 3 is 1.00 bits per heavy atom. The number of hydrogen-bond donors (Lipinski definition) is 0. The molecule has 0 aliphatic rings. The first-order valence-corrected chi connectivity index (χ1v) is 5.39. The predicted octanol–water partition coefficient (Wildman–Crippen LogP) is -1.36. The Kier molecular flexibility index (Phi) is 7.96. The third-order valence-electron chi connectivity index (χ3n) is 1.78. The number of esters is 6. The van der Waals surface area contributed by atoms with Gasteiger partial charge >= 0.3 is 35.8 Å². The van der Waals surface area contributed by atoms with Gasteiger partial charge in [0.2, 0.25) is 0 Å². The SMILES string of the molecule is COC(=O)CC(=O)OC(=O)CC(=O)OC(=O)CC(=O)OC. The maximum Gasteiger partial charge on any atom is 0.324 e. The molecule has 0 saturated carbocycles. The number of methoxy groups -OCH3 is 2. The first-order valence-electron chi connectivity index (χ1n) is 5.39. The Morgan fingerprint density at radius 1 is 0.524 bits per heavy atom. The van der Waals surface area contributed by atoms with Gasteiger partial charge in [-0.05, 0) is 0 Å². The standard InChI is InChI=1S/C11H12O10/c1-18-6(12)3-8(14)20-10(16)5-11(17)21-9(15)4-7(13)19-2/h3-5H2,1-2H3. The van der Waals surface area contributed by atoms with Gasteiger partial charge in [-0.3, -0.25) is 28.8 Å². The maximum absolute atomic E-state index is 11.1. The Morgan fingerprint density at radius 2 is 0.762 bits per heavy atom. The Hall–Kier alpha value is -2.78. The van der Waals surface area contributed by atoms with Crippen molar-refractivity contribution in [1.29, 1.82) is 0 Å². The van der Waals surface area contributed by atoms with Crippen LogP contribution in [0.25, 0.3) is 0 Å². The lowest BCUT2D eigenvalue weighted by Gasteiger charge is -2.03. The summed E-state index contributed by atoms with van der Waals surface area (Å²) in [6.45, 7) is 0. The Balaban J connectivity index is 4.13. The summed E-state index contributed by atoms with van der Waals surface area (Å²) in [5.41, 5.74) is 0. The zero-order chi connectivity index (χ0) is 16.4. The second-order valence-electron chi connectivity index (χ2n) is 3.37. The quantitative estimate of drug-likeness (QED) is 0.328. The Bertz CT molecular complexity index is 422. The third kappa shape index (κ3) is 8.86. The van der Waals surface area contributed by atoms with E-state index < -0.39 is 55.1 Å². The number of hydrogen-bond acceptors (Lipinski definition) is 10. The fourth-order valence-corrected chi connectivity index (χ4v) is 0.896. The molecule has 21 heavy (non-hydrogen) atoms. The largest absolute Gasteiger partial charge is 0.469 e. The van der Waals surface area contributed by atoms with Crippen LogP contribution in [0.3, 0.4) is 0 Å². The van der Waals surface area contributed by atoms with Gasteiger partial charge in [-0.2, -0.15) is 0 Å². The molecule has 0 aromatic carbocycles. The summed E-state index contributed by atoms with van der Waals surface area (Å²) in [7, 11) is 2.06. The van der Waals surface area contributed by atoms with E-state index in [1.165, 1.54) is 0 Å². The van der Waals surface area contributed by atoms with Gasteiger partial charge in [0.25, 0.3) is 0 Å². The fraction of sp³-hybridized carbons (Fsp3) is 0.455. The average molecular weight is 304 g/mol. The molecule has 0 aromatic rings. The van der Waals surface area contributed by atoms with Gasteiger partial charge in [-0.1, -0.05) is 0 Å². The molecule has 0 amide bonds. The monoisotopic (exact) mass is 304 g/mol. The highest BCUT2D eigenvalue weighted by Gasteiger charge is 2.21. The van der Waals surface area contributed by atoms with E-state index >= 15 is 0 Å². The van der Waals surface area contributed by atoms with Gasteiger partial charge in [-0.25, -0.2) is 0 Å². The predicted molar refractivity (Wildman–Crippen MR) is 60.1 cm³/mol. The lowest BCUT2D eigenvalue weighted by Crippen LogP contribution is -2.22. The van der Waals surface area contributed by atoms with Crippen LogP contribution in [0.1, 0.15) is 19.3 Å². The van der Waals surface area contributed by atoms with Gasteiger partial charge in [0.05, 0.1) is 14.2 Å². The third-order valence-corrected chi connectivity index (χ3v) is 1.78. The number of carbonyl (C=O) groups excluding carboxylic acids is 6. The van der Waals surface area contributed by atoms with Crippen LogP contribution in [-0.4, -0.2) is 50.0 Å². The zero-order valence-corrected chi connectivity index (χ0v) is 11.2. The minimum atomic E-state index is -1.32. The molecule has 116 valence electrons. The molecule has 0 aliphatic carbocycles. The summed E-state index contributed by atoms with van der Waals surface area (Å²) in [5.74, 6) is -6.94. The lowest BCUT2D eigenvalue weighted by atomic mass is 10.4. The normalized spacial score (nSPS) is 9.24. The number of ether oxygens (including phenoxy) is 4. The summed E-state index contributed by atoms with van der Waals surface area (Å²) in [4.78, 5) is 65.5. The molecular weight excluding hydrogens is 292 g/mol. The highest BCUT2D eigenvalue weighted by molar-refractivity contribution is 6.03. The molecule has 0 fully saturated rings. The molecule has 0 radical (unpaired) electrons. The molecule has 0 unspecified atom stereocenters.